The highest BCUT2D eigenvalue weighted by molar-refractivity contribution is 14.1. The van der Waals surface area contributed by atoms with Crippen molar-refractivity contribution >= 4 is 22.6 Å². The highest BCUT2D eigenvalue weighted by Crippen LogP contribution is 2.19. The molecule has 0 radical (unpaired) electrons. The largest absolute Gasteiger partial charge is 0.320 e. The lowest BCUT2D eigenvalue weighted by Crippen LogP contribution is -2.29. The van der Waals surface area contributed by atoms with E-state index in [9.17, 15) is 0 Å². The monoisotopic (exact) mass is 342 g/mol. The summed E-state index contributed by atoms with van der Waals surface area (Å²) >= 11 is 2.29. The maximum atomic E-state index is 6.00. The average molecular weight is 342 g/mol. The first-order valence-electron chi connectivity index (χ1n) is 5.36. The first kappa shape index (κ1) is 12.5. The van der Waals surface area contributed by atoms with Gasteiger partial charge in [-0.3, -0.25) is 0 Å². The lowest BCUT2D eigenvalue weighted by atomic mass is 10.0. The summed E-state index contributed by atoms with van der Waals surface area (Å²) in [6.45, 7) is 5.90. The number of halogens is 1. The van der Waals surface area contributed by atoms with Crippen LogP contribution in [-0.4, -0.2) is 15.0 Å². The smallest absolute Gasteiger partial charge is 0.102 e. The van der Waals surface area contributed by atoms with Crippen LogP contribution in [0.15, 0.2) is 24.4 Å². The van der Waals surface area contributed by atoms with Crippen molar-refractivity contribution in [3.05, 3.63) is 39.2 Å². The van der Waals surface area contributed by atoms with Gasteiger partial charge in [0, 0.05) is 3.57 Å². The van der Waals surface area contributed by atoms with E-state index < -0.39 is 5.54 Å². The molecule has 0 atom stereocenters. The maximum absolute atomic E-state index is 6.00. The molecule has 0 amide bonds. The second-order valence-corrected chi connectivity index (χ2v) is 5.95. The lowest BCUT2D eigenvalue weighted by Gasteiger charge is -2.13. The van der Waals surface area contributed by atoms with Gasteiger partial charge in [0.05, 0.1) is 17.4 Å². The Labute approximate surface area is 114 Å². The molecule has 2 aromatic rings. The number of aryl methyl sites for hydroxylation is 1. The van der Waals surface area contributed by atoms with Gasteiger partial charge in [-0.2, -0.15) is 0 Å². The fourth-order valence-corrected chi connectivity index (χ4v) is 1.98. The molecule has 17 heavy (non-hydrogen) atoms. The van der Waals surface area contributed by atoms with Crippen LogP contribution in [0.25, 0.3) is 5.69 Å². The fraction of sp³-hybridized carbons (Fsp3) is 0.333. The fourth-order valence-electron chi connectivity index (χ4n) is 1.51. The van der Waals surface area contributed by atoms with Crippen molar-refractivity contribution in [3.8, 4) is 5.69 Å². The molecule has 0 aliphatic carbocycles. The number of rotatable bonds is 2. The van der Waals surface area contributed by atoms with Crippen LogP contribution >= 0.6 is 22.6 Å². The van der Waals surface area contributed by atoms with E-state index in [1.807, 2.05) is 20.0 Å². The third-order valence-corrected chi connectivity index (χ3v) is 3.24. The normalized spacial score (nSPS) is 11.8. The number of nitrogens with two attached hydrogens (primary N) is 1. The number of nitrogens with zero attached hydrogens (tertiary/aromatic N) is 3. The first-order valence-corrected chi connectivity index (χ1v) is 6.44. The third kappa shape index (κ3) is 2.66. The summed E-state index contributed by atoms with van der Waals surface area (Å²) in [4.78, 5) is 0. The zero-order valence-corrected chi connectivity index (χ0v) is 12.3. The minimum Gasteiger partial charge on any atom is -0.320 e. The van der Waals surface area contributed by atoms with Crippen LogP contribution in [0.2, 0.25) is 0 Å². The molecule has 2 rings (SSSR count). The predicted octanol–water partition coefficient (Wildman–Crippen LogP) is 2.37. The molecule has 0 unspecified atom stereocenters. The molecule has 0 fully saturated rings. The van der Waals surface area contributed by atoms with Crippen molar-refractivity contribution in [2.45, 2.75) is 26.3 Å². The van der Waals surface area contributed by atoms with E-state index in [0.29, 0.717) is 0 Å². The second kappa shape index (κ2) is 4.38. The number of aromatic nitrogens is 3. The molecule has 0 saturated heterocycles. The van der Waals surface area contributed by atoms with Gasteiger partial charge in [0.2, 0.25) is 0 Å². The summed E-state index contributed by atoms with van der Waals surface area (Å²) in [6, 6.07) is 6.23. The highest BCUT2D eigenvalue weighted by atomic mass is 127. The number of hydrogen-bond acceptors (Lipinski definition) is 3. The molecule has 1 aromatic carbocycles. The Kier molecular flexibility index (Phi) is 3.22. The van der Waals surface area contributed by atoms with Crippen LogP contribution in [0.5, 0.6) is 0 Å². The average Bonchev–Trinajstić information content (AvgIpc) is 2.70. The van der Waals surface area contributed by atoms with Crippen LogP contribution in [0, 0.1) is 10.5 Å². The van der Waals surface area contributed by atoms with Crippen molar-refractivity contribution in [2.75, 3.05) is 0 Å². The zero-order chi connectivity index (χ0) is 12.6. The van der Waals surface area contributed by atoms with Crippen LogP contribution in [0.3, 0.4) is 0 Å². The molecule has 5 heteroatoms. The van der Waals surface area contributed by atoms with Crippen molar-refractivity contribution in [2.24, 2.45) is 5.73 Å². The van der Waals surface area contributed by atoms with E-state index in [2.05, 4.69) is 58.0 Å². The molecule has 4 nitrogen and oxygen atoms in total. The molecule has 0 spiro atoms. The van der Waals surface area contributed by atoms with Crippen molar-refractivity contribution in [1.82, 2.24) is 15.0 Å². The quantitative estimate of drug-likeness (QED) is 0.853. The van der Waals surface area contributed by atoms with E-state index in [1.54, 1.807) is 4.68 Å². The van der Waals surface area contributed by atoms with Gasteiger partial charge < -0.3 is 5.73 Å². The van der Waals surface area contributed by atoms with Crippen LogP contribution in [0.4, 0.5) is 0 Å². The summed E-state index contributed by atoms with van der Waals surface area (Å²) in [6.07, 6.45) is 1.89. The molecule has 90 valence electrons. The number of hydrogen-bond donors (Lipinski definition) is 1. The summed E-state index contributed by atoms with van der Waals surface area (Å²) in [5.74, 6) is 0. The molecule has 0 saturated carbocycles. The summed E-state index contributed by atoms with van der Waals surface area (Å²) < 4.78 is 2.95. The Morgan fingerprint density at radius 3 is 2.65 bits per heavy atom. The van der Waals surface area contributed by atoms with Gasteiger partial charge in [-0.25, -0.2) is 4.68 Å². The maximum Gasteiger partial charge on any atom is 0.102 e. The van der Waals surface area contributed by atoms with Crippen LogP contribution in [0.1, 0.15) is 25.1 Å². The van der Waals surface area contributed by atoms with Gasteiger partial charge in [0.15, 0.2) is 0 Å². The van der Waals surface area contributed by atoms with Gasteiger partial charge in [-0.15, -0.1) is 5.10 Å². The molecular formula is C12H15IN4. The summed E-state index contributed by atoms with van der Waals surface area (Å²) in [5, 5.41) is 8.26. The Morgan fingerprint density at radius 1 is 1.35 bits per heavy atom. The summed E-state index contributed by atoms with van der Waals surface area (Å²) in [7, 11) is 0. The molecule has 0 aliphatic heterocycles. The van der Waals surface area contributed by atoms with Gasteiger partial charge in [-0.1, -0.05) is 11.3 Å². The number of benzene rings is 1. The van der Waals surface area contributed by atoms with Gasteiger partial charge in [0.25, 0.3) is 0 Å². The minimum absolute atomic E-state index is 0.464. The molecule has 1 heterocycles. The Morgan fingerprint density at radius 2 is 2.06 bits per heavy atom. The van der Waals surface area contributed by atoms with E-state index in [0.717, 1.165) is 16.9 Å². The lowest BCUT2D eigenvalue weighted by molar-refractivity contribution is 0.533. The third-order valence-electron chi connectivity index (χ3n) is 2.57. The zero-order valence-electron chi connectivity index (χ0n) is 10.1. The van der Waals surface area contributed by atoms with Gasteiger partial charge in [0.1, 0.15) is 5.69 Å². The first-order chi connectivity index (χ1) is 7.88. The SMILES string of the molecule is Cc1ccc(I)cc1-n1cc(C(C)(C)N)nn1. The summed E-state index contributed by atoms with van der Waals surface area (Å²) in [5.41, 5.74) is 8.53. The standard InChI is InChI=1S/C12H15IN4/c1-8-4-5-9(13)6-10(8)17-7-11(15-16-17)12(2,3)14/h4-7H,14H2,1-3H3. The van der Waals surface area contributed by atoms with E-state index in [-0.39, 0.29) is 0 Å². The van der Waals surface area contributed by atoms with Crippen molar-refractivity contribution in [3.63, 3.8) is 0 Å². The minimum atomic E-state index is -0.464. The topological polar surface area (TPSA) is 56.7 Å². The van der Waals surface area contributed by atoms with Crippen LogP contribution < -0.4 is 5.73 Å². The van der Waals surface area contributed by atoms with E-state index in [4.69, 9.17) is 5.73 Å². The van der Waals surface area contributed by atoms with Crippen molar-refractivity contribution in [1.29, 1.82) is 0 Å². The Balaban J connectivity index is 2.47. The van der Waals surface area contributed by atoms with E-state index in [1.165, 1.54) is 3.57 Å². The molecule has 1 aromatic heterocycles. The van der Waals surface area contributed by atoms with Crippen LogP contribution in [-0.2, 0) is 5.54 Å². The molecule has 0 aliphatic rings. The Hall–Kier alpha value is -0.950. The highest BCUT2D eigenvalue weighted by Gasteiger charge is 2.19. The molecular weight excluding hydrogens is 327 g/mol. The van der Waals surface area contributed by atoms with Gasteiger partial charge >= 0.3 is 0 Å². The molecule has 0 bridgehead atoms. The molecule has 2 N–H and O–H groups in total. The van der Waals surface area contributed by atoms with E-state index >= 15 is 0 Å². The Bertz CT molecular complexity index is 540. The second-order valence-electron chi connectivity index (χ2n) is 4.70. The predicted molar refractivity (Wildman–Crippen MR) is 76.0 cm³/mol. The van der Waals surface area contributed by atoms with Gasteiger partial charge in [-0.05, 0) is 61.1 Å². The van der Waals surface area contributed by atoms with Crippen molar-refractivity contribution < 1.29 is 0 Å².